The van der Waals surface area contributed by atoms with Crippen LogP contribution >= 0.6 is 27.3 Å². The van der Waals surface area contributed by atoms with E-state index in [4.69, 9.17) is 0 Å². The van der Waals surface area contributed by atoms with Crippen molar-refractivity contribution >= 4 is 27.3 Å². The van der Waals surface area contributed by atoms with Gasteiger partial charge in [-0.2, -0.15) is 0 Å². The van der Waals surface area contributed by atoms with Crippen molar-refractivity contribution < 1.29 is 5.11 Å². The van der Waals surface area contributed by atoms with Crippen LogP contribution in [0.1, 0.15) is 43.1 Å². The van der Waals surface area contributed by atoms with Gasteiger partial charge < -0.3 is 5.11 Å². The lowest BCUT2D eigenvalue weighted by Crippen LogP contribution is -2.19. The molecule has 0 saturated heterocycles. The molecule has 0 spiro atoms. The molecule has 0 aliphatic carbocycles. The Hall–Kier alpha value is 0.140. The zero-order valence-corrected chi connectivity index (χ0v) is 11.5. The zero-order chi connectivity index (χ0) is 10.9. The van der Waals surface area contributed by atoms with E-state index in [1.807, 2.05) is 6.07 Å². The second kappa shape index (κ2) is 4.33. The second-order valence-corrected chi connectivity index (χ2v) is 6.44. The first-order valence-corrected chi connectivity index (χ1v) is 6.43. The van der Waals surface area contributed by atoms with E-state index >= 15 is 0 Å². The standard InChI is InChI=1S/C11H17BrOS/c1-5-11(3,4)10(13)9-6-8(12)7(2)14-9/h6,10,13H,5H2,1-4H3. The van der Waals surface area contributed by atoms with Gasteiger partial charge in [0.25, 0.3) is 0 Å². The molecule has 0 aliphatic rings. The summed E-state index contributed by atoms with van der Waals surface area (Å²) in [5.41, 5.74) is -0.0449. The molecule has 0 aromatic carbocycles. The molecule has 3 heteroatoms. The summed E-state index contributed by atoms with van der Waals surface area (Å²) < 4.78 is 1.10. The Morgan fingerprint density at radius 2 is 2.14 bits per heavy atom. The molecular formula is C11H17BrOS. The molecule has 1 aromatic rings. The number of aryl methyl sites for hydroxylation is 1. The molecule has 1 unspecified atom stereocenters. The number of halogens is 1. The van der Waals surface area contributed by atoms with Gasteiger partial charge in [-0.15, -0.1) is 11.3 Å². The SMILES string of the molecule is CCC(C)(C)C(O)c1cc(Br)c(C)s1. The number of hydrogen-bond donors (Lipinski definition) is 1. The fourth-order valence-corrected chi connectivity index (χ4v) is 2.95. The van der Waals surface area contributed by atoms with E-state index in [1.54, 1.807) is 11.3 Å². The van der Waals surface area contributed by atoms with Gasteiger partial charge in [-0.3, -0.25) is 0 Å². The lowest BCUT2D eigenvalue weighted by molar-refractivity contribution is 0.0495. The van der Waals surface area contributed by atoms with Gasteiger partial charge in [-0.05, 0) is 40.8 Å². The minimum absolute atomic E-state index is 0.0449. The van der Waals surface area contributed by atoms with E-state index in [2.05, 4.69) is 43.6 Å². The second-order valence-electron chi connectivity index (χ2n) is 4.30. The molecule has 0 radical (unpaired) electrons. The summed E-state index contributed by atoms with van der Waals surface area (Å²) in [6, 6.07) is 2.03. The Morgan fingerprint density at radius 1 is 1.57 bits per heavy atom. The fourth-order valence-electron chi connectivity index (χ4n) is 1.19. The van der Waals surface area contributed by atoms with Crippen LogP contribution in [0, 0.1) is 12.3 Å². The average Bonchev–Trinajstić information content (AvgIpc) is 2.45. The molecule has 1 heterocycles. The lowest BCUT2D eigenvalue weighted by atomic mass is 9.83. The van der Waals surface area contributed by atoms with Gasteiger partial charge in [-0.25, -0.2) is 0 Å². The van der Waals surface area contributed by atoms with Crippen LogP contribution in [0.3, 0.4) is 0 Å². The molecule has 1 atom stereocenters. The van der Waals surface area contributed by atoms with Gasteiger partial charge >= 0.3 is 0 Å². The van der Waals surface area contributed by atoms with Crippen LogP contribution in [0.2, 0.25) is 0 Å². The normalized spacial score (nSPS) is 14.4. The van der Waals surface area contributed by atoms with Crippen molar-refractivity contribution in [3.8, 4) is 0 Å². The first kappa shape index (κ1) is 12.2. The third kappa shape index (κ3) is 2.38. The maximum atomic E-state index is 10.2. The highest BCUT2D eigenvalue weighted by molar-refractivity contribution is 9.10. The highest BCUT2D eigenvalue weighted by Crippen LogP contribution is 2.41. The van der Waals surface area contributed by atoms with Crippen molar-refractivity contribution in [2.45, 2.75) is 40.2 Å². The number of rotatable bonds is 3. The molecular weight excluding hydrogens is 260 g/mol. The van der Waals surface area contributed by atoms with E-state index in [0.717, 1.165) is 15.8 Å². The van der Waals surface area contributed by atoms with Crippen molar-refractivity contribution in [1.29, 1.82) is 0 Å². The van der Waals surface area contributed by atoms with Crippen LogP contribution in [-0.2, 0) is 0 Å². The van der Waals surface area contributed by atoms with Gasteiger partial charge in [0.1, 0.15) is 0 Å². The quantitative estimate of drug-likeness (QED) is 0.873. The Kier molecular flexibility index (Phi) is 3.78. The highest BCUT2D eigenvalue weighted by atomic mass is 79.9. The minimum atomic E-state index is -0.359. The van der Waals surface area contributed by atoms with Gasteiger partial charge in [0.15, 0.2) is 0 Å². The van der Waals surface area contributed by atoms with Crippen molar-refractivity contribution in [2.24, 2.45) is 5.41 Å². The summed E-state index contributed by atoms with van der Waals surface area (Å²) in [7, 11) is 0. The van der Waals surface area contributed by atoms with E-state index in [9.17, 15) is 5.11 Å². The summed E-state index contributed by atoms with van der Waals surface area (Å²) in [5, 5.41) is 10.2. The predicted molar refractivity (Wildman–Crippen MR) is 65.8 cm³/mol. The van der Waals surface area contributed by atoms with E-state index < -0.39 is 0 Å². The lowest BCUT2D eigenvalue weighted by Gasteiger charge is -2.28. The number of aliphatic hydroxyl groups is 1. The van der Waals surface area contributed by atoms with Gasteiger partial charge in [0.05, 0.1) is 6.10 Å². The van der Waals surface area contributed by atoms with Gasteiger partial charge in [0.2, 0.25) is 0 Å². The average molecular weight is 277 g/mol. The summed E-state index contributed by atoms with van der Waals surface area (Å²) in [6.07, 6.45) is 0.616. The molecule has 1 nitrogen and oxygen atoms in total. The van der Waals surface area contributed by atoms with E-state index in [0.29, 0.717) is 0 Å². The monoisotopic (exact) mass is 276 g/mol. The van der Waals surface area contributed by atoms with Crippen molar-refractivity contribution in [3.05, 3.63) is 20.3 Å². The molecule has 14 heavy (non-hydrogen) atoms. The number of aliphatic hydroxyl groups excluding tert-OH is 1. The van der Waals surface area contributed by atoms with Crippen LogP contribution in [0.5, 0.6) is 0 Å². The zero-order valence-electron chi connectivity index (χ0n) is 9.10. The molecule has 1 rings (SSSR count). The summed E-state index contributed by atoms with van der Waals surface area (Å²) in [6.45, 7) is 8.36. The van der Waals surface area contributed by atoms with Gasteiger partial charge in [-0.1, -0.05) is 20.8 Å². The Morgan fingerprint density at radius 3 is 2.50 bits per heavy atom. The topological polar surface area (TPSA) is 20.2 Å². The molecule has 0 fully saturated rings. The minimum Gasteiger partial charge on any atom is -0.387 e. The molecule has 0 aliphatic heterocycles. The smallest absolute Gasteiger partial charge is 0.0933 e. The predicted octanol–water partition coefficient (Wildman–Crippen LogP) is 4.29. The molecule has 1 N–H and O–H groups in total. The molecule has 1 aromatic heterocycles. The molecule has 80 valence electrons. The number of thiophene rings is 1. The Bertz CT molecular complexity index is 298. The van der Waals surface area contributed by atoms with Crippen molar-refractivity contribution in [2.75, 3.05) is 0 Å². The first-order valence-electron chi connectivity index (χ1n) is 4.82. The summed E-state index contributed by atoms with van der Waals surface area (Å²) in [5.74, 6) is 0. The van der Waals surface area contributed by atoms with Crippen LogP contribution in [0.4, 0.5) is 0 Å². The van der Waals surface area contributed by atoms with Crippen molar-refractivity contribution in [3.63, 3.8) is 0 Å². The van der Waals surface area contributed by atoms with Crippen LogP contribution in [0.25, 0.3) is 0 Å². The van der Waals surface area contributed by atoms with E-state index in [-0.39, 0.29) is 11.5 Å². The molecule has 0 amide bonds. The van der Waals surface area contributed by atoms with E-state index in [1.165, 1.54) is 4.88 Å². The maximum Gasteiger partial charge on any atom is 0.0933 e. The van der Waals surface area contributed by atoms with Crippen molar-refractivity contribution in [1.82, 2.24) is 0 Å². The Labute approximate surface area is 98.3 Å². The fraction of sp³-hybridized carbons (Fsp3) is 0.636. The largest absolute Gasteiger partial charge is 0.387 e. The number of hydrogen-bond acceptors (Lipinski definition) is 2. The molecule has 0 bridgehead atoms. The Balaban J connectivity index is 2.94. The maximum absolute atomic E-state index is 10.2. The first-order chi connectivity index (χ1) is 6.38. The summed E-state index contributed by atoms with van der Waals surface area (Å²) in [4.78, 5) is 2.28. The third-order valence-corrected chi connectivity index (χ3v) is 4.99. The van der Waals surface area contributed by atoms with Gasteiger partial charge in [0, 0.05) is 14.2 Å². The van der Waals surface area contributed by atoms with Crippen LogP contribution in [-0.4, -0.2) is 5.11 Å². The van der Waals surface area contributed by atoms with Crippen LogP contribution < -0.4 is 0 Å². The summed E-state index contributed by atoms with van der Waals surface area (Å²) >= 11 is 5.14. The molecule has 0 saturated carbocycles. The third-order valence-electron chi connectivity index (χ3n) is 2.80. The van der Waals surface area contributed by atoms with Crippen LogP contribution in [0.15, 0.2) is 10.5 Å². The highest BCUT2D eigenvalue weighted by Gasteiger charge is 2.28.